The Labute approximate surface area is 168 Å². The Morgan fingerprint density at radius 3 is 2.90 bits per heavy atom. The van der Waals surface area contributed by atoms with Crippen molar-refractivity contribution < 1.29 is 14.1 Å². The molecule has 0 bridgehead atoms. The molecule has 3 aromatic rings. The van der Waals surface area contributed by atoms with Crippen LogP contribution in [-0.4, -0.2) is 45.1 Å². The molecule has 0 spiro atoms. The van der Waals surface area contributed by atoms with Gasteiger partial charge < -0.3 is 19.1 Å². The molecule has 8 nitrogen and oxygen atoms in total. The number of para-hydroxylation sites is 1. The molecule has 1 amide bonds. The highest BCUT2D eigenvalue weighted by Crippen LogP contribution is 2.28. The fourth-order valence-corrected chi connectivity index (χ4v) is 4.41. The van der Waals surface area contributed by atoms with Crippen LogP contribution in [0.1, 0.15) is 48.9 Å². The van der Waals surface area contributed by atoms with Gasteiger partial charge in [-0.15, -0.1) is 10.2 Å². The number of fused-ring (bicyclic) bond motifs is 2. The van der Waals surface area contributed by atoms with Crippen LogP contribution in [0.4, 0.5) is 0 Å². The highest BCUT2D eigenvalue weighted by molar-refractivity contribution is 5.86. The minimum atomic E-state index is -0.0172. The largest absolute Gasteiger partial charge is 0.381 e. The molecule has 1 fully saturated rings. The number of nitrogens with zero attached hydrogens (tertiary/aromatic N) is 4. The van der Waals surface area contributed by atoms with Crippen molar-refractivity contribution in [2.75, 3.05) is 13.2 Å². The quantitative estimate of drug-likeness (QED) is 0.729. The molecule has 4 heterocycles. The first-order valence-electron chi connectivity index (χ1n) is 10.4. The summed E-state index contributed by atoms with van der Waals surface area (Å²) in [5, 5.41) is 17.1. The summed E-state index contributed by atoms with van der Waals surface area (Å²) in [5.41, 5.74) is 1.40. The molecule has 5 rings (SSSR count). The summed E-state index contributed by atoms with van der Waals surface area (Å²) in [5.74, 6) is 2.53. The molecule has 2 aliphatic rings. The average molecular weight is 395 g/mol. The third kappa shape index (κ3) is 3.76. The van der Waals surface area contributed by atoms with Crippen molar-refractivity contribution in [1.82, 2.24) is 25.2 Å². The van der Waals surface area contributed by atoms with E-state index in [2.05, 4.69) is 25.2 Å². The van der Waals surface area contributed by atoms with Gasteiger partial charge in [0.2, 0.25) is 5.91 Å². The van der Waals surface area contributed by atoms with Gasteiger partial charge in [0, 0.05) is 43.5 Å². The van der Waals surface area contributed by atoms with E-state index in [9.17, 15) is 4.79 Å². The monoisotopic (exact) mass is 395 g/mol. The lowest BCUT2D eigenvalue weighted by atomic mass is 9.99. The van der Waals surface area contributed by atoms with Gasteiger partial charge >= 0.3 is 0 Å². The van der Waals surface area contributed by atoms with Gasteiger partial charge in [-0.25, -0.2) is 0 Å². The number of carbonyl (C=O) groups excluding carboxylic acids is 1. The molecule has 152 valence electrons. The topological polar surface area (TPSA) is 95.1 Å². The molecule has 0 radical (unpaired) electrons. The molecule has 29 heavy (non-hydrogen) atoms. The molecule has 1 saturated heterocycles. The summed E-state index contributed by atoms with van der Waals surface area (Å²) in [6, 6.07) is 7.75. The molecular weight excluding hydrogens is 370 g/mol. The molecular formula is C21H25N5O3. The minimum Gasteiger partial charge on any atom is -0.381 e. The lowest BCUT2D eigenvalue weighted by Gasteiger charge is -2.22. The van der Waals surface area contributed by atoms with Crippen LogP contribution < -0.4 is 5.32 Å². The van der Waals surface area contributed by atoms with Crippen molar-refractivity contribution in [1.29, 1.82) is 0 Å². The first kappa shape index (κ1) is 18.3. The number of carbonyl (C=O) groups is 1. The number of aryl methyl sites for hydroxylation is 1. The van der Waals surface area contributed by atoms with Crippen LogP contribution in [0.15, 0.2) is 28.8 Å². The smallest absolute Gasteiger partial charge is 0.226 e. The summed E-state index contributed by atoms with van der Waals surface area (Å²) in [4.78, 5) is 12.6. The fourth-order valence-electron chi connectivity index (χ4n) is 4.41. The van der Waals surface area contributed by atoms with E-state index in [1.165, 1.54) is 0 Å². The van der Waals surface area contributed by atoms with Gasteiger partial charge in [0.15, 0.2) is 5.58 Å². The van der Waals surface area contributed by atoms with Crippen molar-refractivity contribution in [3.8, 4) is 0 Å². The van der Waals surface area contributed by atoms with E-state index in [0.717, 1.165) is 68.9 Å². The van der Waals surface area contributed by atoms with Crippen LogP contribution in [0, 0.1) is 0 Å². The Morgan fingerprint density at radius 1 is 1.14 bits per heavy atom. The van der Waals surface area contributed by atoms with Gasteiger partial charge in [0.05, 0.1) is 6.42 Å². The predicted octanol–water partition coefficient (Wildman–Crippen LogP) is 2.38. The molecule has 1 atom stereocenters. The molecule has 8 heteroatoms. The zero-order valence-corrected chi connectivity index (χ0v) is 16.3. The summed E-state index contributed by atoms with van der Waals surface area (Å²) in [6.45, 7) is 2.43. The maximum atomic E-state index is 12.6. The maximum absolute atomic E-state index is 12.6. The van der Waals surface area contributed by atoms with Gasteiger partial charge in [-0.05, 0) is 37.8 Å². The van der Waals surface area contributed by atoms with Crippen molar-refractivity contribution in [3.05, 3.63) is 41.6 Å². The number of amides is 1. The number of nitrogens with one attached hydrogen (secondary N) is 1. The zero-order valence-electron chi connectivity index (χ0n) is 16.3. The van der Waals surface area contributed by atoms with Crippen LogP contribution in [0.3, 0.4) is 0 Å². The Balaban J connectivity index is 1.22. The Kier molecular flexibility index (Phi) is 5.01. The van der Waals surface area contributed by atoms with Crippen molar-refractivity contribution in [2.45, 2.75) is 57.0 Å². The second-order valence-electron chi connectivity index (χ2n) is 7.91. The van der Waals surface area contributed by atoms with Gasteiger partial charge in [-0.3, -0.25) is 4.79 Å². The Morgan fingerprint density at radius 2 is 2.00 bits per heavy atom. The summed E-state index contributed by atoms with van der Waals surface area (Å²) in [7, 11) is 0. The molecule has 2 aromatic heterocycles. The highest BCUT2D eigenvalue weighted by Gasteiger charge is 2.27. The second kappa shape index (κ2) is 7.94. The van der Waals surface area contributed by atoms with E-state index in [4.69, 9.17) is 9.26 Å². The van der Waals surface area contributed by atoms with E-state index in [1.807, 2.05) is 24.3 Å². The number of rotatable bonds is 4. The second-order valence-corrected chi connectivity index (χ2v) is 7.91. The zero-order chi connectivity index (χ0) is 19.6. The first-order valence-corrected chi connectivity index (χ1v) is 10.4. The third-order valence-electron chi connectivity index (χ3n) is 6.01. The first-order chi connectivity index (χ1) is 14.3. The fraction of sp³-hybridized carbons (Fsp3) is 0.524. The summed E-state index contributed by atoms with van der Waals surface area (Å²) >= 11 is 0. The predicted molar refractivity (Wildman–Crippen MR) is 105 cm³/mol. The summed E-state index contributed by atoms with van der Waals surface area (Å²) in [6.07, 6.45) is 4.82. The van der Waals surface area contributed by atoms with Gasteiger partial charge in [-0.2, -0.15) is 0 Å². The standard InChI is InChI=1S/C21H25N5O3/c27-20(13-17-16-3-1-2-4-18(16)29-25-17)22-15-5-6-19-23-24-21(26(19)10-7-15)14-8-11-28-12-9-14/h1-4,14-15H,5-13H2,(H,22,27). The van der Waals surface area contributed by atoms with Crippen LogP contribution >= 0.6 is 0 Å². The minimum absolute atomic E-state index is 0.0172. The number of benzene rings is 1. The number of ether oxygens (including phenoxy) is 1. The molecule has 1 unspecified atom stereocenters. The van der Waals surface area contributed by atoms with E-state index >= 15 is 0 Å². The molecule has 0 saturated carbocycles. The summed E-state index contributed by atoms with van der Waals surface area (Å²) < 4.78 is 13.1. The van der Waals surface area contributed by atoms with Crippen molar-refractivity contribution in [2.24, 2.45) is 0 Å². The molecule has 1 aromatic carbocycles. The van der Waals surface area contributed by atoms with E-state index < -0.39 is 0 Å². The van der Waals surface area contributed by atoms with Crippen LogP contribution in [0.5, 0.6) is 0 Å². The lowest BCUT2D eigenvalue weighted by molar-refractivity contribution is -0.121. The Bertz CT molecular complexity index is 1000. The van der Waals surface area contributed by atoms with E-state index in [0.29, 0.717) is 17.2 Å². The highest BCUT2D eigenvalue weighted by atomic mass is 16.5. The number of aromatic nitrogens is 4. The van der Waals surface area contributed by atoms with Crippen LogP contribution in [0.2, 0.25) is 0 Å². The van der Waals surface area contributed by atoms with Gasteiger partial charge in [-0.1, -0.05) is 17.3 Å². The molecule has 1 N–H and O–H groups in total. The van der Waals surface area contributed by atoms with E-state index in [-0.39, 0.29) is 18.4 Å². The maximum Gasteiger partial charge on any atom is 0.226 e. The normalized spacial score (nSPS) is 20.3. The van der Waals surface area contributed by atoms with Crippen LogP contribution in [-0.2, 0) is 28.9 Å². The lowest BCUT2D eigenvalue weighted by Crippen LogP contribution is -2.36. The van der Waals surface area contributed by atoms with Crippen molar-refractivity contribution >= 4 is 16.9 Å². The van der Waals surface area contributed by atoms with Crippen LogP contribution in [0.25, 0.3) is 11.0 Å². The average Bonchev–Trinajstić information content (AvgIpc) is 3.29. The van der Waals surface area contributed by atoms with Gasteiger partial charge in [0.25, 0.3) is 0 Å². The molecule has 0 aliphatic carbocycles. The van der Waals surface area contributed by atoms with Gasteiger partial charge in [0.1, 0.15) is 17.3 Å². The molecule has 2 aliphatic heterocycles. The van der Waals surface area contributed by atoms with E-state index in [1.54, 1.807) is 0 Å². The number of hydrogen-bond donors (Lipinski definition) is 1. The SMILES string of the molecule is O=C(Cc1noc2ccccc12)NC1CCc2nnc(C3CCOCC3)n2CC1. The number of hydrogen-bond acceptors (Lipinski definition) is 6. The third-order valence-corrected chi connectivity index (χ3v) is 6.01. The Hall–Kier alpha value is -2.74. The van der Waals surface area contributed by atoms with Crippen molar-refractivity contribution in [3.63, 3.8) is 0 Å².